The molecule has 0 atom stereocenters. The maximum Gasteiger partial charge on any atom is 0.259 e. The molecule has 3 rings (SSSR count). The van der Waals surface area contributed by atoms with Gasteiger partial charge in [0.15, 0.2) is 0 Å². The number of aliphatic hydroxyl groups is 1. The van der Waals surface area contributed by atoms with Gasteiger partial charge in [-0.3, -0.25) is 9.20 Å². The molecular weight excluding hydrogens is 326 g/mol. The third kappa shape index (κ3) is 3.37. The molecule has 3 aromatic rings. The third-order valence-electron chi connectivity index (χ3n) is 4.10. The fraction of sp³-hybridized carbons (Fsp3) is 0.333. The number of fused-ring (bicyclic) bond motifs is 1. The van der Waals surface area contributed by atoms with Gasteiger partial charge in [0, 0.05) is 41.7 Å². The smallest absolute Gasteiger partial charge is 0.259 e. The molecule has 0 radical (unpaired) electrons. The highest BCUT2D eigenvalue weighted by molar-refractivity contribution is 6.30. The van der Waals surface area contributed by atoms with Crippen molar-refractivity contribution >= 4 is 17.4 Å². The minimum Gasteiger partial charge on any atom is -0.396 e. The Labute approximate surface area is 145 Å². The van der Waals surface area contributed by atoms with E-state index in [1.54, 1.807) is 16.7 Å². The Morgan fingerprint density at radius 2 is 1.92 bits per heavy atom. The molecule has 0 amide bonds. The zero-order valence-corrected chi connectivity index (χ0v) is 14.3. The van der Waals surface area contributed by atoms with Crippen LogP contribution >= 0.6 is 11.6 Å². The largest absolute Gasteiger partial charge is 0.396 e. The summed E-state index contributed by atoms with van der Waals surface area (Å²) < 4.78 is 3.64. The zero-order chi connectivity index (χ0) is 17.1. The van der Waals surface area contributed by atoms with Gasteiger partial charge in [-0.25, -0.2) is 4.98 Å². The normalized spacial score (nSPS) is 11.3. The van der Waals surface area contributed by atoms with Gasteiger partial charge in [0.1, 0.15) is 0 Å². The Balaban J connectivity index is 2.02. The molecule has 0 aliphatic rings. The van der Waals surface area contributed by atoms with Gasteiger partial charge in [-0.1, -0.05) is 23.7 Å². The molecule has 1 N–H and O–H groups in total. The molecule has 0 aliphatic carbocycles. The van der Waals surface area contributed by atoms with E-state index >= 15 is 0 Å². The van der Waals surface area contributed by atoms with Crippen LogP contribution in [0.4, 0.5) is 0 Å². The maximum atomic E-state index is 12.3. The maximum absolute atomic E-state index is 12.3. The highest BCUT2D eigenvalue weighted by Crippen LogP contribution is 2.21. The summed E-state index contributed by atoms with van der Waals surface area (Å²) in [6.07, 6.45) is 4.44. The van der Waals surface area contributed by atoms with Crippen molar-refractivity contribution in [2.24, 2.45) is 0 Å². The quantitative estimate of drug-likeness (QED) is 0.697. The minimum absolute atomic E-state index is 0.0816. The second-order valence-electron chi connectivity index (χ2n) is 5.86. The molecule has 0 aliphatic heterocycles. The SMILES string of the molecule is Cc1cc(=O)n2cc(-c3ccc(Cl)cc3)nc2n1CCCCCO. The number of aryl methyl sites for hydroxylation is 2. The number of unbranched alkanes of at least 4 members (excludes halogenated alkanes) is 2. The lowest BCUT2D eigenvalue weighted by atomic mass is 10.2. The lowest BCUT2D eigenvalue weighted by Gasteiger charge is -2.11. The summed E-state index contributed by atoms with van der Waals surface area (Å²) in [5.74, 6) is 0.647. The summed E-state index contributed by atoms with van der Waals surface area (Å²) in [4.78, 5) is 16.9. The van der Waals surface area contributed by atoms with E-state index in [2.05, 4.69) is 9.55 Å². The first-order chi connectivity index (χ1) is 11.6. The van der Waals surface area contributed by atoms with E-state index in [9.17, 15) is 4.79 Å². The van der Waals surface area contributed by atoms with Crippen LogP contribution in [0, 0.1) is 6.92 Å². The lowest BCUT2D eigenvalue weighted by molar-refractivity contribution is 0.282. The topological polar surface area (TPSA) is 59.5 Å². The molecule has 0 saturated carbocycles. The van der Waals surface area contributed by atoms with Crippen LogP contribution in [0.3, 0.4) is 0 Å². The lowest BCUT2D eigenvalue weighted by Crippen LogP contribution is -2.18. The predicted octanol–water partition coefficient (Wildman–Crippen LogP) is 3.29. The van der Waals surface area contributed by atoms with E-state index < -0.39 is 0 Å². The highest BCUT2D eigenvalue weighted by Gasteiger charge is 2.11. The van der Waals surface area contributed by atoms with Crippen molar-refractivity contribution in [1.29, 1.82) is 0 Å². The second kappa shape index (κ2) is 7.20. The Hall–Kier alpha value is -2.11. The van der Waals surface area contributed by atoms with E-state index in [4.69, 9.17) is 16.7 Å². The molecule has 0 spiro atoms. The number of hydrogen-bond donors (Lipinski definition) is 1. The molecular formula is C18H20ClN3O2. The summed E-state index contributed by atoms with van der Waals surface area (Å²) in [5, 5.41) is 9.57. The minimum atomic E-state index is -0.0816. The van der Waals surface area contributed by atoms with Crippen LogP contribution < -0.4 is 5.56 Å². The Kier molecular flexibility index (Phi) is 5.02. The van der Waals surface area contributed by atoms with Crippen molar-refractivity contribution in [2.45, 2.75) is 32.7 Å². The van der Waals surface area contributed by atoms with Crippen LogP contribution in [0.15, 0.2) is 41.3 Å². The number of benzene rings is 1. The molecule has 24 heavy (non-hydrogen) atoms. The number of rotatable bonds is 6. The number of aliphatic hydroxyl groups excluding tert-OH is 1. The Morgan fingerprint density at radius 3 is 2.62 bits per heavy atom. The summed E-state index contributed by atoms with van der Waals surface area (Å²) in [7, 11) is 0. The second-order valence-corrected chi connectivity index (χ2v) is 6.30. The van der Waals surface area contributed by atoms with Crippen molar-refractivity contribution in [3.8, 4) is 11.3 Å². The Bertz CT molecular complexity index is 897. The van der Waals surface area contributed by atoms with E-state index in [1.165, 1.54) is 0 Å². The van der Waals surface area contributed by atoms with Crippen LogP contribution in [0.1, 0.15) is 25.0 Å². The first-order valence-electron chi connectivity index (χ1n) is 8.06. The molecule has 2 aromatic heterocycles. The molecule has 1 aromatic carbocycles. The first-order valence-corrected chi connectivity index (χ1v) is 8.44. The van der Waals surface area contributed by atoms with Crippen LogP contribution in [-0.2, 0) is 6.54 Å². The standard InChI is InChI=1S/C18H20ClN3O2/c1-13-11-17(24)22-12-16(14-5-7-15(19)8-6-14)20-18(22)21(13)9-3-2-4-10-23/h5-8,11-12,23H,2-4,9-10H2,1H3. The van der Waals surface area contributed by atoms with E-state index in [-0.39, 0.29) is 12.2 Å². The van der Waals surface area contributed by atoms with Gasteiger partial charge in [-0.2, -0.15) is 0 Å². The van der Waals surface area contributed by atoms with Gasteiger partial charge in [-0.15, -0.1) is 0 Å². The number of nitrogens with zero attached hydrogens (tertiary/aromatic N) is 3. The van der Waals surface area contributed by atoms with Crippen molar-refractivity contribution in [3.05, 3.63) is 57.6 Å². The molecule has 5 nitrogen and oxygen atoms in total. The predicted molar refractivity (Wildman–Crippen MR) is 95.6 cm³/mol. The number of aromatic nitrogens is 3. The molecule has 2 heterocycles. The monoisotopic (exact) mass is 345 g/mol. The summed E-state index contributed by atoms with van der Waals surface area (Å²) in [5.41, 5.74) is 2.48. The van der Waals surface area contributed by atoms with Crippen LogP contribution in [0.5, 0.6) is 0 Å². The number of imidazole rings is 1. The van der Waals surface area contributed by atoms with Crippen molar-refractivity contribution in [1.82, 2.24) is 14.0 Å². The summed E-state index contributed by atoms with van der Waals surface area (Å²) in [6.45, 7) is 2.90. The van der Waals surface area contributed by atoms with Crippen LogP contribution in [-0.4, -0.2) is 25.7 Å². The van der Waals surface area contributed by atoms with Crippen LogP contribution in [0.2, 0.25) is 5.02 Å². The fourth-order valence-electron chi connectivity index (χ4n) is 2.80. The zero-order valence-electron chi connectivity index (χ0n) is 13.6. The van der Waals surface area contributed by atoms with Gasteiger partial charge in [0.25, 0.3) is 5.56 Å². The summed E-state index contributed by atoms with van der Waals surface area (Å²) in [6, 6.07) is 9.05. The van der Waals surface area contributed by atoms with Gasteiger partial charge in [-0.05, 0) is 38.3 Å². The van der Waals surface area contributed by atoms with Gasteiger partial charge in [0.05, 0.1) is 5.69 Å². The van der Waals surface area contributed by atoms with E-state index in [1.807, 2.05) is 31.2 Å². The van der Waals surface area contributed by atoms with Gasteiger partial charge in [0.2, 0.25) is 5.78 Å². The van der Waals surface area contributed by atoms with Crippen molar-refractivity contribution in [2.75, 3.05) is 6.61 Å². The molecule has 126 valence electrons. The van der Waals surface area contributed by atoms with E-state index in [0.29, 0.717) is 10.8 Å². The van der Waals surface area contributed by atoms with Crippen molar-refractivity contribution < 1.29 is 5.11 Å². The fourth-order valence-corrected chi connectivity index (χ4v) is 2.93. The Morgan fingerprint density at radius 1 is 1.17 bits per heavy atom. The first kappa shape index (κ1) is 16.7. The molecule has 0 saturated heterocycles. The highest BCUT2D eigenvalue weighted by atomic mass is 35.5. The third-order valence-corrected chi connectivity index (χ3v) is 4.36. The number of halogens is 1. The average Bonchev–Trinajstić information content (AvgIpc) is 3.00. The molecule has 6 heteroatoms. The van der Waals surface area contributed by atoms with Crippen molar-refractivity contribution in [3.63, 3.8) is 0 Å². The van der Waals surface area contributed by atoms with Gasteiger partial charge >= 0.3 is 0 Å². The number of hydrogen-bond acceptors (Lipinski definition) is 3. The van der Waals surface area contributed by atoms with Crippen LogP contribution in [0.25, 0.3) is 17.0 Å². The van der Waals surface area contributed by atoms with E-state index in [0.717, 1.165) is 42.8 Å². The molecule has 0 fully saturated rings. The molecule has 0 bridgehead atoms. The molecule has 0 unspecified atom stereocenters. The van der Waals surface area contributed by atoms with Gasteiger partial charge < -0.3 is 9.67 Å². The summed E-state index contributed by atoms with van der Waals surface area (Å²) >= 11 is 5.93. The average molecular weight is 346 g/mol.